The second-order valence-corrected chi connectivity index (χ2v) is 6.73. The summed E-state index contributed by atoms with van der Waals surface area (Å²) < 4.78 is 5.62. The maximum Gasteiger partial charge on any atom is 0.257 e. The quantitative estimate of drug-likeness (QED) is 0.934. The molecule has 0 aromatic heterocycles. The Kier molecular flexibility index (Phi) is 4.74. The van der Waals surface area contributed by atoms with Gasteiger partial charge in [0.05, 0.1) is 12.1 Å². The second kappa shape index (κ2) is 6.38. The van der Waals surface area contributed by atoms with Crippen molar-refractivity contribution in [1.29, 1.82) is 0 Å². The molecule has 1 aromatic rings. The lowest BCUT2D eigenvalue weighted by Gasteiger charge is -2.18. The minimum atomic E-state index is -0.0757. The van der Waals surface area contributed by atoms with Crippen molar-refractivity contribution >= 4 is 17.5 Å². The predicted molar refractivity (Wildman–Crippen MR) is 86.2 cm³/mol. The molecule has 1 N–H and O–H groups in total. The third-order valence-corrected chi connectivity index (χ3v) is 3.47. The lowest BCUT2D eigenvalue weighted by atomic mass is 9.92. The lowest BCUT2D eigenvalue weighted by Crippen LogP contribution is -2.32. The Morgan fingerprint density at radius 1 is 1.36 bits per heavy atom. The van der Waals surface area contributed by atoms with Crippen LogP contribution in [0.2, 0.25) is 0 Å². The monoisotopic (exact) mass is 304 g/mol. The summed E-state index contributed by atoms with van der Waals surface area (Å²) in [5, 5.41) is 2.86. The van der Waals surface area contributed by atoms with Crippen LogP contribution in [0.4, 0.5) is 5.69 Å². The molecule has 1 heterocycles. The fourth-order valence-corrected chi connectivity index (χ4v) is 2.43. The maximum absolute atomic E-state index is 12.5. The fourth-order valence-electron chi connectivity index (χ4n) is 2.43. The van der Waals surface area contributed by atoms with Crippen LogP contribution in [0.25, 0.3) is 0 Å². The summed E-state index contributed by atoms with van der Waals surface area (Å²) in [5.74, 6) is 0.471. The van der Waals surface area contributed by atoms with Crippen LogP contribution in [0.5, 0.6) is 5.75 Å². The maximum atomic E-state index is 12.5. The SMILES string of the molecule is CCN1CCOc2ccc(NC(=O)CC(C)(C)C)cc2C1=O. The molecule has 0 spiro atoms. The van der Waals surface area contributed by atoms with Gasteiger partial charge in [0.2, 0.25) is 5.91 Å². The first-order valence-electron chi connectivity index (χ1n) is 7.66. The number of nitrogens with one attached hydrogen (secondary N) is 1. The number of likely N-dealkylation sites (N-methyl/N-ethyl adjacent to an activating group) is 1. The van der Waals surface area contributed by atoms with Crippen LogP contribution in [0, 0.1) is 5.41 Å². The Balaban J connectivity index is 2.20. The van der Waals surface area contributed by atoms with Gasteiger partial charge in [-0.25, -0.2) is 0 Å². The number of amides is 2. The van der Waals surface area contributed by atoms with E-state index in [4.69, 9.17) is 4.74 Å². The van der Waals surface area contributed by atoms with E-state index in [1.165, 1.54) is 0 Å². The number of fused-ring (bicyclic) bond motifs is 1. The molecular formula is C17H24N2O3. The molecular weight excluding hydrogens is 280 g/mol. The van der Waals surface area contributed by atoms with Crippen molar-refractivity contribution in [3.8, 4) is 5.75 Å². The third kappa shape index (κ3) is 4.00. The zero-order valence-corrected chi connectivity index (χ0v) is 13.7. The number of ether oxygens (including phenoxy) is 1. The Bertz CT molecular complexity index is 576. The topological polar surface area (TPSA) is 58.6 Å². The Morgan fingerprint density at radius 2 is 2.09 bits per heavy atom. The van der Waals surface area contributed by atoms with Gasteiger partial charge in [-0.2, -0.15) is 0 Å². The van der Waals surface area contributed by atoms with Crippen LogP contribution < -0.4 is 10.1 Å². The predicted octanol–water partition coefficient (Wildman–Crippen LogP) is 2.92. The average Bonchev–Trinajstić information content (AvgIpc) is 2.56. The smallest absolute Gasteiger partial charge is 0.257 e. The first kappa shape index (κ1) is 16.3. The highest BCUT2D eigenvalue weighted by Gasteiger charge is 2.23. The standard InChI is InChI=1S/C17H24N2O3/c1-5-19-8-9-22-14-7-6-12(10-13(14)16(19)21)18-15(20)11-17(2,3)4/h6-7,10H,5,8-9,11H2,1-4H3,(H,18,20). The van der Waals surface area contributed by atoms with E-state index in [1.54, 1.807) is 23.1 Å². The van der Waals surface area contributed by atoms with Gasteiger partial charge in [-0.3, -0.25) is 9.59 Å². The molecule has 0 radical (unpaired) electrons. The van der Waals surface area contributed by atoms with Gasteiger partial charge >= 0.3 is 0 Å². The van der Waals surface area contributed by atoms with Gasteiger partial charge in [0.1, 0.15) is 12.4 Å². The number of benzene rings is 1. The minimum Gasteiger partial charge on any atom is -0.491 e. The highest BCUT2D eigenvalue weighted by atomic mass is 16.5. The lowest BCUT2D eigenvalue weighted by molar-refractivity contribution is -0.117. The van der Waals surface area contributed by atoms with Gasteiger partial charge in [0.25, 0.3) is 5.91 Å². The molecule has 1 aliphatic heterocycles. The number of anilines is 1. The molecule has 1 aromatic carbocycles. The van der Waals surface area contributed by atoms with Gasteiger partial charge in [0, 0.05) is 18.7 Å². The molecule has 0 atom stereocenters. The van der Waals surface area contributed by atoms with Crippen molar-refractivity contribution in [2.24, 2.45) is 5.41 Å². The number of hydrogen-bond donors (Lipinski definition) is 1. The van der Waals surface area contributed by atoms with Gasteiger partial charge in [-0.15, -0.1) is 0 Å². The van der Waals surface area contributed by atoms with Crippen LogP contribution in [-0.2, 0) is 4.79 Å². The Hall–Kier alpha value is -2.04. The van der Waals surface area contributed by atoms with Crippen molar-refractivity contribution in [3.63, 3.8) is 0 Å². The first-order chi connectivity index (χ1) is 10.3. The number of hydrogen-bond acceptors (Lipinski definition) is 3. The number of carbonyl (C=O) groups is 2. The summed E-state index contributed by atoms with van der Waals surface area (Å²) in [7, 11) is 0. The highest BCUT2D eigenvalue weighted by molar-refractivity contribution is 5.99. The first-order valence-corrected chi connectivity index (χ1v) is 7.66. The van der Waals surface area contributed by atoms with Crippen molar-refractivity contribution in [2.75, 3.05) is 25.0 Å². The van der Waals surface area contributed by atoms with Gasteiger partial charge in [0.15, 0.2) is 0 Å². The molecule has 5 nitrogen and oxygen atoms in total. The molecule has 2 rings (SSSR count). The summed E-state index contributed by atoms with van der Waals surface area (Å²) in [6, 6.07) is 5.22. The van der Waals surface area contributed by atoms with Gasteiger partial charge in [-0.1, -0.05) is 20.8 Å². The average molecular weight is 304 g/mol. The molecule has 0 unspecified atom stereocenters. The molecule has 0 saturated carbocycles. The molecule has 120 valence electrons. The summed E-state index contributed by atoms with van der Waals surface area (Å²) >= 11 is 0. The molecule has 0 bridgehead atoms. The fraction of sp³-hybridized carbons (Fsp3) is 0.529. The van der Waals surface area contributed by atoms with E-state index in [0.717, 1.165) is 0 Å². The molecule has 5 heteroatoms. The van der Waals surface area contributed by atoms with Crippen LogP contribution >= 0.6 is 0 Å². The number of rotatable bonds is 3. The number of carbonyl (C=O) groups excluding carboxylic acids is 2. The van der Waals surface area contributed by atoms with Gasteiger partial charge in [-0.05, 0) is 30.5 Å². The summed E-state index contributed by atoms with van der Waals surface area (Å²) in [6.07, 6.45) is 0.426. The highest BCUT2D eigenvalue weighted by Crippen LogP contribution is 2.27. The summed E-state index contributed by atoms with van der Waals surface area (Å²) in [4.78, 5) is 26.2. The van der Waals surface area contributed by atoms with E-state index in [0.29, 0.717) is 43.1 Å². The van der Waals surface area contributed by atoms with Crippen molar-refractivity contribution in [2.45, 2.75) is 34.1 Å². The van der Waals surface area contributed by atoms with Gasteiger partial charge < -0.3 is 15.0 Å². The van der Waals surface area contributed by atoms with E-state index >= 15 is 0 Å². The van der Waals surface area contributed by atoms with E-state index in [-0.39, 0.29) is 17.2 Å². The minimum absolute atomic E-state index is 0.0538. The molecule has 22 heavy (non-hydrogen) atoms. The van der Waals surface area contributed by atoms with Crippen molar-refractivity contribution < 1.29 is 14.3 Å². The van der Waals surface area contributed by atoms with Crippen molar-refractivity contribution in [1.82, 2.24) is 4.90 Å². The molecule has 1 aliphatic rings. The summed E-state index contributed by atoms with van der Waals surface area (Å²) in [6.45, 7) is 9.69. The van der Waals surface area contributed by atoms with Crippen LogP contribution in [0.3, 0.4) is 0 Å². The van der Waals surface area contributed by atoms with E-state index < -0.39 is 0 Å². The molecule has 2 amide bonds. The second-order valence-electron chi connectivity index (χ2n) is 6.73. The normalized spacial score (nSPS) is 14.9. The molecule has 0 saturated heterocycles. The zero-order chi connectivity index (χ0) is 16.3. The van der Waals surface area contributed by atoms with E-state index in [9.17, 15) is 9.59 Å². The van der Waals surface area contributed by atoms with E-state index in [2.05, 4.69) is 5.32 Å². The molecule has 0 fully saturated rings. The van der Waals surface area contributed by atoms with Crippen LogP contribution in [-0.4, -0.2) is 36.4 Å². The Morgan fingerprint density at radius 3 is 2.73 bits per heavy atom. The summed E-state index contributed by atoms with van der Waals surface area (Å²) in [5.41, 5.74) is 1.06. The van der Waals surface area contributed by atoms with Crippen LogP contribution in [0.1, 0.15) is 44.5 Å². The number of nitrogens with zero attached hydrogens (tertiary/aromatic N) is 1. The Labute approximate surface area is 131 Å². The van der Waals surface area contributed by atoms with Crippen molar-refractivity contribution in [3.05, 3.63) is 23.8 Å². The third-order valence-electron chi connectivity index (χ3n) is 3.47. The zero-order valence-electron chi connectivity index (χ0n) is 13.7. The van der Waals surface area contributed by atoms with E-state index in [1.807, 2.05) is 27.7 Å². The molecule has 0 aliphatic carbocycles. The largest absolute Gasteiger partial charge is 0.491 e. The van der Waals surface area contributed by atoms with Crippen LogP contribution in [0.15, 0.2) is 18.2 Å².